The number of thioether (sulfide) groups is 1. The van der Waals surface area contributed by atoms with Crippen LogP contribution < -0.4 is 4.74 Å². The summed E-state index contributed by atoms with van der Waals surface area (Å²) in [5, 5.41) is 0.873. The van der Waals surface area contributed by atoms with Crippen molar-refractivity contribution in [3.05, 3.63) is 36.7 Å². The zero-order chi connectivity index (χ0) is 21.7. The molecular formula is C26H38N2O2S. The van der Waals surface area contributed by atoms with Crippen molar-refractivity contribution in [2.24, 2.45) is 0 Å². The van der Waals surface area contributed by atoms with Crippen LogP contribution in [0.5, 0.6) is 5.75 Å². The number of nitrogens with zero attached hydrogens (tertiary/aromatic N) is 2. The highest BCUT2D eigenvalue weighted by atomic mass is 32.2. The van der Waals surface area contributed by atoms with Crippen molar-refractivity contribution in [1.82, 2.24) is 9.97 Å². The second-order valence-electron chi connectivity index (χ2n) is 8.41. The third-order valence-electron chi connectivity index (χ3n) is 5.72. The highest BCUT2D eigenvalue weighted by molar-refractivity contribution is 7.99. The van der Waals surface area contributed by atoms with Crippen molar-refractivity contribution in [3.63, 3.8) is 0 Å². The van der Waals surface area contributed by atoms with Gasteiger partial charge in [0.2, 0.25) is 0 Å². The van der Waals surface area contributed by atoms with Gasteiger partial charge in [0.1, 0.15) is 18.5 Å². The summed E-state index contributed by atoms with van der Waals surface area (Å²) in [6, 6.07) is 8.16. The van der Waals surface area contributed by atoms with E-state index < -0.39 is 0 Å². The smallest absolute Gasteiger partial charge is 0.187 e. The molecule has 0 saturated carbocycles. The Hall–Kier alpha value is -1.59. The molecule has 2 heterocycles. The molecule has 1 aliphatic heterocycles. The van der Waals surface area contributed by atoms with Crippen LogP contribution in [-0.2, 0) is 4.74 Å². The minimum absolute atomic E-state index is 0.267. The van der Waals surface area contributed by atoms with Gasteiger partial charge in [-0.25, -0.2) is 9.97 Å². The first-order valence-corrected chi connectivity index (χ1v) is 13.1. The van der Waals surface area contributed by atoms with E-state index in [2.05, 4.69) is 35.9 Å². The van der Waals surface area contributed by atoms with Crippen LogP contribution in [-0.4, -0.2) is 34.5 Å². The number of ether oxygens (including phenoxy) is 2. The molecule has 1 aromatic heterocycles. The Bertz CT molecular complexity index is 736. The fourth-order valence-electron chi connectivity index (χ4n) is 3.73. The van der Waals surface area contributed by atoms with E-state index in [1.54, 1.807) is 11.8 Å². The van der Waals surface area contributed by atoms with Crippen LogP contribution in [0.15, 0.2) is 41.8 Å². The average molecular weight is 443 g/mol. The van der Waals surface area contributed by atoms with Gasteiger partial charge >= 0.3 is 0 Å². The lowest BCUT2D eigenvalue weighted by Gasteiger charge is -2.06. The van der Waals surface area contributed by atoms with Crippen LogP contribution in [0.4, 0.5) is 0 Å². The van der Waals surface area contributed by atoms with Gasteiger partial charge in [0, 0.05) is 23.7 Å². The highest BCUT2D eigenvalue weighted by Gasteiger charge is 2.38. The molecule has 2 aromatic rings. The molecule has 170 valence electrons. The SMILES string of the molecule is CCCCCCCCCCSc1ncc(-c2ccc(OC[C@H]3O[C@@H]3CCC)cc2)cn1. The molecule has 0 unspecified atom stereocenters. The van der Waals surface area contributed by atoms with E-state index in [4.69, 9.17) is 9.47 Å². The predicted molar refractivity (Wildman–Crippen MR) is 130 cm³/mol. The number of benzene rings is 1. The summed E-state index contributed by atoms with van der Waals surface area (Å²) in [4.78, 5) is 9.09. The Morgan fingerprint density at radius 3 is 2.16 bits per heavy atom. The number of unbranched alkanes of at least 4 members (excludes halogenated alkanes) is 7. The van der Waals surface area contributed by atoms with Crippen molar-refractivity contribution < 1.29 is 9.47 Å². The van der Waals surface area contributed by atoms with Crippen molar-refractivity contribution in [2.75, 3.05) is 12.4 Å². The molecule has 0 aliphatic carbocycles. The Kier molecular flexibility index (Phi) is 10.7. The lowest BCUT2D eigenvalue weighted by atomic mass is 10.1. The summed E-state index contributed by atoms with van der Waals surface area (Å²) in [6.45, 7) is 5.09. The highest BCUT2D eigenvalue weighted by Crippen LogP contribution is 2.28. The normalized spacial score (nSPS) is 17.6. The molecule has 1 aromatic carbocycles. The Morgan fingerprint density at radius 2 is 1.48 bits per heavy atom. The predicted octanol–water partition coefficient (Wildman–Crippen LogP) is 7.32. The zero-order valence-corrected chi connectivity index (χ0v) is 20.0. The van der Waals surface area contributed by atoms with Gasteiger partial charge in [-0.1, -0.05) is 89.1 Å². The Balaban J connectivity index is 1.32. The summed E-state index contributed by atoms with van der Waals surface area (Å²) < 4.78 is 11.5. The van der Waals surface area contributed by atoms with Gasteiger partial charge < -0.3 is 9.47 Å². The molecule has 1 fully saturated rings. The topological polar surface area (TPSA) is 47.5 Å². The molecule has 1 saturated heterocycles. The molecule has 0 spiro atoms. The largest absolute Gasteiger partial charge is 0.491 e. The zero-order valence-electron chi connectivity index (χ0n) is 19.2. The van der Waals surface area contributed by atoms with Crippen molar-refractivity contribution in [2.45, 2.75) is 95.4 Å². The van der Waals surface area contributed by atoms with E-state index >= 15 is 0 Å². The maximum atomic E-state index is 5.85. The molecule has 2 atom stereocenters. The molecular weight excluding hydrogens is 404 g/mol. The summed E-state index contributed by atoms with van der Waals surface area (Å²) in [5.41, 5.74) is 2.15. The molecule has 4 nitrogen and oxygen atoms in total. The van der Waals surface area contributed by atoms with E-state index in [0.717, 1.165) is 40.6 Å². The number of epoxide rings is 1. The van der Waals surface area contributed by atoms with E-state index in [1.165, 1.54) is 51.4 Å². The van der Waals surface area contributed by atoms with Crippen LogP contribution in [0.1, 0.15) is 78.1 Å². The van der Waals surface area contributed by atoms with Crippen LogP contribution >= 0.6 is 11.8 Å². The maximum Gasteiger partial charge on any atom is 0.187 e. The van der Waals surface area contributed by atoms with Crippen LogP contribution in [0, 0.1) is 0 Å². The summed E-state index contributed by atoms with van der Waals surface area (Å²) in [5.74, 6) is 1.98. The van der Waals surface area contributed by atoms with Crippen LogP contribution in [0.2, 0.25) is 0 Å². The van der Waals surface area contributed by atoms with Gasteiger partial charge in [-0.2, -0.15) is 0 Å². The molecule has 3 rings (SSSR count). The van der Waals surface area contributed by atoms with Crippen molar-refractivity contribution >= 4 is 11.8 Å². The number of hydrogen-bond acceptors (Lipinski definition) is 5. The number of rotatable bonds is 16. The molecule has 31 heavy (non-hydrogen) atoms. The average Bonchev–Trinajstić information content (AvgIpc) is 3.55. The quantitative estimate of drug-likeness (QED) is 0.118. The molecule has 0 N–H and O–H groups in total. The molecule has 0 radical (unpaired) electrons. The van der Waals surface area contributed by atoms with Gasteiger partial charge in [0.15, 0.2) is 5.16 Å². The number of hydrogen-bond donors (Lipinski definition) is 0. The molecule has 5 heteroatoms. The van der Waals surface area contributed by atoms with Gasteiger partial charge in [0.25, 0.3) is 0 Å². The Labute approximate surface area is 192 Å². The molecule has 1 aliphatic rings. The molecule has 0 bridgehead atoms. The van der Waals surface area contributed by atoms with E-state index in [1.807, 2.05) is 24.5 Å². The fraction of sp³-hybridized carbons (Fsp3) is 0.615. The number of aromatic nitrogens is 2. The first kappa shape index (κ1) is 24.1. The van der Waals surface area contributed by atoms with Gasteiger partial charge in [-0.05, 0) is 30.5 Å². The summed E-state index contributed by atoms with van der Waals surface area (Å²) in [6.07, 6.45) is 17.6. The van der Waals surface area contributed by atoms with E-state index in [9.17, 15) is 0 Å². The first-order valence-electron chi connectivity index (χ1n) is 12.1. The summed E-state index contributed by atoms with van der Waals surface area (Å²) in [7, 11) is 0. The monoisotopic (exact) mass is 442 g/mol. The van der Waals surface area contributed by atoms with E-state index in [-0.39, 0.29) is 6.10 Å². The summed E-state index contributed by atoms with van der Waals surface area (Å²) >= 11 is 1.76. The van der Waals surface area contributed by atoms with Crippen molar-refractivity contribution in [1.29, 1.82) is 0 Å². The minimum Gasteiger partial charge on any atom is -0.491 e. The van der Waals surface area contributed by atoms with Gasteiger partial charge in [-0.3, -0.25) is 0 Å². The lowest BCUT2D eigenvalue weighted by Crippen LogP contribution is -2.07. The fourth-order valence-corrected chi connectivity index (χ4v) is 4.51. The van der Waals surface area contributed by atoms with Gasteiger partial charge in [-0.15, -0.1) is 0 Å². The van der Waals surface area contributed by atoms with Crippen LogP contribution in [0.3, 0.4) is 0 Å². The standard InChI is InChI=1S/C26H38N2O2S/c1-3-5-6-7-8-9-10-11-17-31-26-27-18-22(19-28-26)21-13-15-23(16-14-21)29-20-25-24(30-25)12-4-2/h13-16,18-19,24-25H,3-12,17,20H2,1-2H3/t24-,25-/m1/s1. The van der Waals surface area contributed by atoms with E-state index in [0.29, 0.717) is 12.7 Å². The minimum atomic E-state index is 0.267. The second kappa shape index (κ2) is 13.7. The Morgan fingerprint density at radius 1 is 0.806 bits per heavy atom. The second-order valence-corrected chi connectivity index (χ2v) is 9.48. The van der Waals surface area contributed by atoms with Crippen LogP contribution in [0.25, 0.3) is 11.1 Å². The third-order valence-corrected chi connectivity index (χ3v) is 6.68. The molecule has 0 amide bonds. The third kappa shape index (κ3) is 8.82. The lowest BCUT2D eigenvalue weighted by molar-refractivity contribution is 0.259. The van der Waals surface area contributed by atoms with Gasteiger partial charge in [0.05, 0.1) is 6.10 Å². The maximum absolute atomic E-state index is 5.85. The first-order chi connectivity index (χ1) is 15.3. The van der Waals surface area contributed by atoms with Crippen molar-refractivity contribution in [3.8, 4) is 16.9 Å².